The summed E-state index contributed by atoms with van der Waals surface area (Å²) in [6.45, 7) is 42.4. The smallest absolute Gasteiger partial charge is 0.426 e. The van der Waals surface area contributed by atoms with Crippen LogP contribution in [-0.2, 0) is 100 Å². The summed E-state index contributed by atoms with van der Waals surface area (Å²) < 4.78 is 41.3. The van der Waals surface area contributed by atoms with E-state index in [-0.39, 0.29) is 212 Å². The molecule has 0 aromatic carbocycles. The highest BCUT2D eigenvalue weighted by atomic mass is 16.6. The van der Waals surface area contributed by atoms with Crippen LogP contribution >= 0.6 is 0 Å². The molecule has 29 atom stereocenters. The van der Waals surface area contributed by atoms with Crippen molar-refractivity contribution in [1.82, 2.24) is 60.0 Å². The molecule has 40 nitrogen and oxygen atoms in total. The molecule has 6 rings (SSSR count). The van der Waals surface area contributed by atoms with Crippen LogP contribution in [0.15, 0.2) is 0 Å². The van der Waals surface area contributed by atoms with Gasteiger partial charge in [-0.15, -0.1) is 0 Å². The van der Waals surface area contributed by atoms with Gasteiger partial charge in [-0.05, 0) is 119 Å². The summed E-state index contributed by atoms with van der Waals surface area (Å²) in [7, 11) is 16.1. The van der Waals surface area contributed by atoms with Crippen molar-refractivity contribution in [2.45, 2.75) is 382 Å². The molecule has 0 bridgehead atoms. The van der Waals surface area contributed by atoms with E-state index in [1.54, 1.807) is 102 Å². The number of likely N-dealkylation sites (N-methyl/N-ethyl adjacent to an activating group) is 6. The van der Waals surface area contributed by atoms with E-state index in [9.17, 15) is 92.5 Å². The molecule has 0 aromatic heterocycles. The van der Waals surface area contributed by atoms with Gasteiger partial charge in [-0.2, -0.15) is 0 Å². The predicted molar refractivity (Wildman–Crippen MR) is 571 cm³/mol. The summed E-state index contributed by atoms with van der Waals surface area (Å²) in [5, 5.41) is 68.4. The van der Waals surface area contributed by atoms with Crippen LogP contribution in [0.1, 0.15) is 261 Å². The molecule has 6 aliphatic heterocycles. The Hall–Kier alpha value is -6.62. The molecular weight excluding hydrogens is 1920 g/mol. The highest BCUT2D eigenvalue weighted by molar-refractivity contribution is 6.44. The zero-order chi connectivity index (χ0) is 113. The molecule has 6 saturated heterocycles. The van der Waals surface area contributed by atoms with Gasteiger partial charge in [0.05, 0.1) is 165 Å². The molecule has 0 aliphatic carbocycles. The third-order valence-corrected chi connectivity index (χ3v) is 33.5. The molecule has 0 spiro atoms. The van der Waals surface area contributed by atoms with Crippen molar-refractivity contribution in [2.24, 2.45) is 94.7 Å². The lowest BCUT2D eigenvalue weighted by atomic mass is 9.77. The van der Waals surface area contributed by atoms with E-state index in [0.717, 1.165) is 12.8 Å². The predicted octanol–water partition coefficient (Wildman–Crippen LogP) is 4.83. The Bertz CT molecular complexity index is 4000. The molecule has 6 heterocycles. The lowest BCUT2D eigenvalue weighted by molar-refractivity contribution is -0.150. The number of nitrogens with zero attached hydrogens (tertiary/aromatic N) is 9. The van der Waals surface area contributed by atoms with Crippen molar-refractivity contribution < 1.29 is 130 Å². The van der Waals surface area contributed by atoms with Gasteiger partial charge >= 0.3 is 21.4 Å². The third kappa shape index (κ3) is 35.2. The van der Waals surface area contributed by atoms with Gasteiger partial charge in [0.2, 0.25) is 53.2 Å². The van der Waals surface area contributed by atoms with Crippen molar-refractivity contribution in [2.75, 3.05) is 131 Å². The van der Waals surface area contributed by atoms with Gasteiger partial charge < -0.3 is 123 Å². The fraction of sp³-hybridized carbons (Fsp3) is 0.877. The first-order valence-corrected chi connectivity index (χ1v) is 54.8. The van der Waals surface area contributed by atoms with Crippen molar-refractivity contribution in [3.05, 3.63) is 0 Å². The van der Waals surface area contributed by atoms with Crippen LogP contribution in [0.4, 0.5) is 0 Å². The van der Waals surface area contributed by atoms with Crippen LogP contribution in [0.5, 0.6) is 0 Å². The highest BCUT2D eigenvalue weighted by Gasteiger charge is 2.54. The zero-order valence-corrected chi connectivity index (χ0v) is 96.8. The number of ether oxygens (including phenoxy) is 7. The third-order valence-electron chi connectivity index (χ3n) is 33.5. The standard InChI is InChI=1S/C36H67BN4O9.C35H66BN5O9.C35H63BN4O9/c1-13-23(6)33(39(9)36(45)26(21(2)3)18-28(42)32(38-8)22(4)5)29(49-11)19-31(43)41-20-25(48-10)17-27(41)34(50-12)24(7)35(44)40-16-14-15-30(40)37(46)47;1-12-22(6)32(39(9)35(45)25(20(2)3)17-27(42)31(38-8)21(4)5)28(48-10)18-30(43)41-19-24(50-37)16-26(41)33(49-11)23(7)34(44)40-15-13-14-29(40)36(46)47;1-12-22(6)32(38(9)35(45)25(20(2)3)17-27(42)31(37-8)21(4)5)28(48-10)18-30(43)40-19-24(41)16-26(40)33(49-11)23(7)34(44)39-15-13-14-29(39)36(46)47/h21-27,29-30,32-34,38,46-47H,13-20H2,1-12H3;20-26,28-29,31-33,38,46-47H,12-19,37H2,1-11H3;20-23,25-26,28-29,31-33,37,46-47H,12-19H2,1-11H3/t23-,24+,25+,26-,27-,29+,30-,32-,33-,34+;22-,23+,24+,25-,26-,28+,29-,31-,32-,33+;22-,23+,25-,26-,28+,29-,31-,32-,33+/m000/s1. The number of Topliss-reactive ketones (excluding diaryl/α,β-unsaturated/α-hetero) is 4. The first-order valence-electron chi connectivity index (χ1n) is 54.8. The summed E-state index contributed by atoms with van der Waals surface area (Å²) in [6, 6.07) is -4.23. The first-order chi connectivity index (χ1) is 70.0. The summed E-state index contributed by atoms with van der Waals surface area (Å²) in [5.41, 5.74) is 0. The average molecular weight is 2120 g/mol. The minimum absolute atomic E-state index is 0.00230. The molecule has 43 heteroatoms. The minimum atomic E-state index is -1.66. The van der Waals surface area contributed by atoms with Crippen LogP contribution < -0.4 is 21.8 Å². The fourth-order valence-electron chi connectivity index (χ4n) is 24.1. The van der Waals surface area contributed by atoms with Gasteiger partial charge in [-0.1, -0.05) is 165 Å². The Kier molecular flexibility index (Phi) is 58.0. The van der Waals surface area contributed by atoms with Crippen molar-refractivity contribution in [1.29, 1.82) is 0 Å². The molecule has 856 valence electrons. The number of nitrogens with two attached hydrogens (primary N) is 1. The molecule has 0 unspecified atom stereocenters. The summed E-state index contributed by atoms with van der Waals surface area (Å²) in [5.74, 6) is -2.78. The van der Waals surface area contributed by atoms with E-state index in [1.807, 2.05) is 125 Å². The molecule has 9 amide bonds. The van der Waals surface area contributed by atoms with Crippen LogP contribution in [-0.4, -0.2) is 424 Å². The Labute approximate surface area is 891 Å². The van der Waals surface area contributed by atoms with Crippen LogP contribution in [0.2, 0.25) is 0 Å². The second-order valence-corrected chi connectivity index (χ2v) is 45.1. The topological polar surface area (TPSA) is 508 Å². The molecule has 0 aromatic rings. The normalized spacial score (nSPS) is 23.4. The molecule has 11 N–H and O–H groups in total. The van der Waals surface area contributed by atoms with Crippen LogP contribution in [0.25, 0.3) is 0 Å². The van der Waals surface area contributed by atoms with E-state index in [1.165, 1.54) is 55.1 Å². The zero-order valence-electron chi connectivity index (χ0n) is 96.8. The molecule has 6 aliphatic rings. The summed E-state index contributed by atoms with van der Waals surface area (Å²) in [4.78, 5) is 198. The molecule has 6 fully saturated rings. The fourth-order valence-corrected chi connectivity index (χ4v) is 24.1. The van der Waals surface area contributed by atoms with Gasteiger partial charge in [0.15, 0.2) is 23.1 Å². The van der Waals surface area contributed by atoms with Crippen LogP contribution in [0.3, 0.4) is 0 Å². The SMILES string of the molecule is CC[C@H](C)[C@@H]([C@@H](CC(=O)N1CC(=O)C[C@H]1[C@H](OC)[C@@H](C)C(=O)N1CCC[C@H]1B(O)O)OC)N(C)C(=O)[C@@H](CC(=O)[C@@H](NC)C(C)C)C(C)C.CC[C@H](C)[C@@H]([C@@H](CC(=O)N1C[C@H](OC)C[C@H]1[C@H](OC)[C@@H](C)C(=O)N1CCC[C@H]1B(O)O)OC)N(C)C(=O)[C@@H](CC(=O)[C@@H](NC)C(C)C)C(C)C.CC[C@H](C)[C@@H]([C@@H](CC(=O)N1C[C@H](ON)C[C@H]1[C@H](OC)[C@@H](C)C(=O)N1CCC[C@H]1B(O)O)OC)N(C)C(=O)[C@@H](CC(=O)[C@@H](NC)C(C)C)C(C)C. The van der Waals surface area contributed by atoms with Crippen molar-refractivity contribution in [3.63, 3.8) is 0 Å². The minimum Gasteiger partial charge on any atom is -0.426 e. The second kappa shape index (κ2) is 64.2. The van der Waals surface area contributed by atoms with Gasteiger partial charge in [-0.25, -0.2) is 5.90 Å². The molecular formula is C106H196B3N13O27. The van der Waals surface area contributed by atoms with Gasteiger partial charge in [0.25, 0.3) is 0 Å². The van der Waals surface area contributed by atoms with Crippen molar-refractivity contribution in [3.8, 4) is 0 Å². The van der Waals surface area contributed by atoms with E-state index >= 15 is 0 Å². The van der Waals surface area contributed by atoms with Crippen LogP contribution in [0, 0.1) is 88.8 Å². The maximum atomic E-state index is 14.3. The number of likely N-dealkylation sites (tertiary alicyclic amines) is 6. The Morgan fingerprint density at radius 1 is 0.376 bits per heavy atom. The van der Waals surface area contributed by atoms with E-state index in [4.69, 9.17) is 43.9 Å². The number of carbonyl (C=O) groups is 13. The maximum Gasteiger partial charge on any atom is 0.475 e. The van der Waals surface area contributed by atoms with Crippen molar-refractivity contribution >= 4 is 97.7 Å². The quantitative estimate of drug-likeness (QED) is 0.0288. The number of amides is 9. The number of rotatable bonds is 59. The number of hydrogen-bond donors (Lipinski definition) is 10. The van der Waals surface area contributed by atoms with Gasteiger partial charge in [0.1, 0.15) is 0 Å². The highest BCUT2D eigenvalue weighted by Crippen LogP contribution is 2.40. The lowest BCUT2D eigenvalue weighted by Crippen LogP contribution is -2.55. The van der Waals surface area contributed by atoms with E-state index in [0.29, 0.717) is 84.0 Å². The molecule has 0 radical (unpaired) electrons. The Morgan fingerprint density at radius 3 is 0.866 bits per heavy atom. The largest absolute Gasteiger partial charge is 0.475 e. The summed E-state index contributed by atoms with van der Waals surface area (Å²) in [6.07, 6.45) is 1.54. The second-order valence-electron chi connectivity index (χ2n) is 45.1. The number of hydrogen-bond acceptors (Lipinski definition) is 31. The maximum absolute atomic E-state index is 14.3. The Morgan fingerprint density at radius 2 is 0.638 bits per heavy atom. The number of nitrogens with one attached hydrogen (secondary N) is 3. The molecule has 0 saturated carbocycles. The number of ketones is 4. The Balaban J connectivity index is 0.000000465. The summed E-state index contributed by atoms with van der Waals surface area (Å²) >= 11 is 0. The van der Waals surface area contributed by atoms with Gasteiger partial charge in [0, 0.05) is 153 Å². The van der Waals surface area contributed by atoms with E-state index in [2.05, 4.69) is 16.0 Å². The first kappa shape index (κ1) is 135. The van der Waals surface area contributed by atoms with E-state index < -0.39 is 154 Å². The monoisotopic (exact) mass is 2120 g/mol. The molecule has 149 heavy (non-hydrogen) atoms. The van der Waals surface area contributed by atoms with Gasteiger partial charge in [-0.3, -0.25) is 67.2 Å². The number of methoxy groups -OCH3 is 7. The number of carbonyl (C=O) groups excluding carboxylic acids is 13. The lowest BCUT2D eigenvalue weighted by Gasteiger charge is -2.41. The average Bonchev–Trinajstić information content (AvgIpc) is 1.58.